The van der Waals surface area contributed by atoms with Crippen molar-refractivity contribution in [3.8, 4) is 0 Å². The first-order valence-corrected chi connectivity index (χ1v) is 4.56. The van der Waals surface area contributed by atoms with Gasteiger partial charge in [-0.3, -0.25) is 4.79 Å². The Morgan fingerprint density at radius 2 is 1.88 bits per heavy atom. The van der Waals surface area contributed by atoms with Crippen LogP contribution in [0.25, 0.3) is 0 Å². The van der Waals surface area contributed by atoms with Crippen molar-refractivity contribution >= 4 is 5.91 Å². The normalized spacial score (nSPS) is 10.6. The van der Waals surface area contributed by atoms with Crippen molar-refractivity contribution in [2.24, 2.45) is 0 Å². The van der Waals surface area contributed by atoms with Crippen LogP contribution in [-0.4, -0.2) is 35.4 Å². The summed E-state index contributed by atoms with van der Waals surface area (Å²) in [5, 5.41) is 19.7. The molecule has 0 aliphatic heterocycles. The number of hydrogen-bond donors (Lipinski definition) is 3. The molecule has 0 aromatic heterocycles. The molecule has 0 aliphatic rings. The molecule has 1 aromatic carbocycles. The second-order valence-corrected chi connectivity index (χ2v) is 3.16. The number of rotatable bonds is 4. The Kier molecular flexibility index (Phi) is 4.33. The topological polar surface area (TPSA) is 69.6 Å². The number of halogens is 2. The van der Waals surface area contributed by atoms with Gasteiger partial charge in [-0.1, -0.05) is 0 Å². The number of hydrogen-bond acceptors (Lipinski definition) is 3. The van der Waals surface area contributed by atoms with Gasteiger partial charge in [-0.05, 0) is 18.2 Å². The number of benzene rings is 1. The largest absolute Gasteiger partial charge is 0.394 e. The van der Waals surface area contributed by atoms with Crippen LogP contribution in [0.4, 0.5) is 8.78 Å². The van der Waals surface area contributed by atoms with Gasteiger partial charge in [0.05, 0.1) is 19.3 Å². The van der Waals surface area contributed by atoms with Crippen molar-refractivity contribution < 1.29 is 23.8 Å². The Labute approximate surface area is 90.5 Å². The number of carbonyl (C=O) groups is 1. The van der Waals surface area contributed by atoms with Crippen molar-refractivity contribution in [1.82, 2.24) is 5.32 Å². The summed E-state index contributed by atoms with van der Waals surface area (Å²) < 4.78 is 25.4. The summed E-state index contributed by atoms with van der Waals surface area (Å²) in [6, 6.07) is 1.87. The molecule has 3 N–H and O–H groups in total. The molecule has 88 valence electrons. The number of amides is 1. The molecular formula is C10H11F2NO3. The van der Waals surface area contributed by atoms with Crippen LogP contribution in [0, 0.1) is 11.6 Å². The second-order valence-electron chi connectivity index (χ2n) is 3.16. The van der Waals surface area contributed by atoms with Crippen molar-refractivity contribution in [3.63, 3.8) is 0 Å². The number of carbonyl (C=O) groups excluding carboxylic acids is 1. The fraction of sp³-hybridized carbons (Fsp3) is 0.300. The second kappa shape index (κ2) is 5.53. The van der Waals surface area contributed by atoms with E-state index < -0.39 is 36.8 Å². The van der Waals surface area contributed by atoms with E-state index in [-0.39, 0.29) is 5.56 Å². The minimum Gasteiger partial charge on any atom is -0.394 e. The van der Waals surface area contributed by atoms with E-state index in [9.17, 15) is 13.6 Å². The molecule has 0 fully saturated rings. The molecule has 0 radical (unpaired) electrons. The summed E-state index contributed by atoms with van der Waals surface area (Å²) in [5.74, 6) is -2.86. The summed E-state index contributed by atoms with van der Waals surface area (Å²) in [7, 11) is 0. The van der Waals surface area contributed by atoms with Crippen molar-refractivity contribution in [2.45, 2.75) is 6.04 Å². The molecular weight excluding hydrogens is 220 g/mol. The smallest absolute Gasteiger partial charge is 0.251 e. The average molecular weight is 231 g/mol. The SMILES string of the molecule is O=C(NC(CO)CO)c1ccc(F)c(F)c1. The molecule has 1 amide bonds. The fourth-order valence-electron chi connectivity index (χ4n) is 1.06. The molecule has 0 aliphatic carbocycles. The third-order valence-electron chi connectivity index (χ3n) is 1.96. The zero-order valence-corrected chi connectivity index (χ0v) is 8.28. The average Bonchev–Trinajstić information content (AvgIpc) is 2.29. The number of nitrogens with one attached hydrogen (secondary N) is 1. The lowest BCUT2D eigenvalue weighted by atomic mass is 10.2. The van der Waals surface area contributed by atoms with E-state index in [0.29, 0.717) is 0 Å². The summed E-state index contributed by atoms with van der Waals surface area (Å²) in [5.41, 5.74) is -0.0780. The maximum atomic E-state index is 12.8. The van der Waals surface area contributed by atoms with Gasteiger partial charge in [0.15, 0.2) is 11.6 Å². The third-order valence-corrected chi connectivity index (χ3v) is 1.96. The van der Waals surface area contributed by atoms with Gasteiger partial charge in [0.1, 0.15) is 0 Å². The van der Waals surface area contributed by atoms with Crippen LogP contribution in [0.3, 0.4) is 0 Å². The highest BCUT2D eigenvalue weighted by Crippen LogP contribution is 2.08. The van der Waals surface area contributed by atoms with Crippen LogP contribution < -0.4 is 5.32 Å². The van der Waals surface area contributed by atoms with E-state index in [0.717, 1.165) is 18.2 Å². The Bertz CT molecular complexity index is 380. The molecule has 0 saturated heterocycles. The van der Waals surface area contributed by atoms with Crippen LogP contribution >= 0.6 is 0 Å². The summed E-state index contributed by atoms with van der Waals surface area (Å²) in [6.45, 7) is -0.877. The molecule has 0 unspecified atom stereocenters. The monoisotopic (exact) mass is 231 g/mol. The molecule has 0 heterocycles. The lowest BCUT2D eigenvalue weighted by Crippen LogP contribution is -2.40. The predicted molar refractivity (Wildman–Crippen MR) is 51.8 cm³/mol. The third kappa shape index (κ3) is 2.98. The summed E-state index contributed by atoms with van der Waals surface area (Å²) in [6.07, 6.45) is 0. The van der Waals surface area contributed by atoms with E-state index in [4.69, 9.17) is 10.2 Å². The Balaban J connectivity index is 2.76. The van der Waals surface area contributed by atoms with E-state index in [1.54, 1.807) is 0 Å². The summed E-state index contributed by atoms with van der Waals surface area (Å²) in [4.78, 5) is 11.4. The van der Waals surface area contributed by atoms with E-state index in [1.807, 2.05) is 0 Å². The molecule has 0 atom stereocenters. The fourth-order valence-corrected chi connectivity index (χ4v) is 1.06. The molecule has 1 aromatic rings. The van der Waals surface area contributed by atoms with Gasteiger partial charge in [0.25, 0.3) is 5.91 Å². The van der Waals surface area contributed by atoms with E-state index >= 15 is 0 Å². The minimum atomic E-state index is -1.13. The zero-order chi connectivity index (χ0) is 12.1. The zero-order valence-electron chi connectivity index (χ0n) is 8.28. The van der Waals surface area contributed by atoms with Crippen LogP contribution in [-0.2, 0) is 0 Å². The van der Waals surface area contributed by atoms with Gasteiger partial charge in [0.2, 0.25) is 0 Å². The van der Waals surface area contributed by atoms with Gasteiger partial charge in [-0.2, -0.15) is 0 Å². The lowest BCUT2D eigenvalue weighted by molar-refractivity contribution is 0.0879. The van der Waals surface area contributed by atoms with E-state index in [2.05, 4.69) is 5.32 Å². The molecule has 0 spiro atoms. The maximum absolute atomic E-state index is 12.8. The van der Waals surface area contributed by atoms with Crippen molar-refractivity contribution in [2.75, 3.05) is 13.2 Å². The quantitative estimate of drug-likeness (QED) is 0.685. The molecule has 16 heavy (non-hydrogen) atoms. The molecule has 0 saturated carbocycles. The summed E-state index contributed by atoms with van der Waals surface area (Å²) >= 11 is 0. The van der Waals surface area contributed by atoms with Crippen molar-refractivity contribution in [3.05, 3.63) is 35.4 Å². The Morgan fingerprint density at radius 3 is 2.38 bits per heavy atom. The van der Waals surface area contributed by atoms with Gasteiger partial charge in [0, 0.05) is 5.56 Å². The highest BCUT2D eigenvalue weighted by atomic mass is 19.2. The number of aliphatic hydroxyl groups excluding tert-OH is 2. The van der Waals surface area contributed by atoms with Crippen LogP contribution in [0.2, 0.25) is 0 Å². The highest BCUT2D eigenvalue weighted by Gasteiger charge is 2.13. The minimum absolute atomic E-state index is 0.0780. The molecule has 1 rings (SSSR count). The highest BCUT2D eigenvalue weighted by molar-refractivity contribution is 5.94. The Hall–Kier alpha value is -1.53. The van der Waals surface area contributed by atoms with Crippen LogP contribution in [0.1, 0.15) is 10.4 Å². The van der Waals surface area contributed by atoms with Crippen LogP contribution in [0.5, 0.6) is 0 Å². The molecule has 0 bridgehead atoms. The van der Waals surface area contributed by atoms with Gasteiger partial charge in [-0.25, -0.2) is 8.78 Å². The van der Waals surface area contributed by atoms with Crippen molar-refractivity contribution in [1.29, 1.82) is 0 Å². The van der Waals surface area contributed by atoms with Gasteiger partial charge < -0.3 is 15.5 Å². The first kappa shape index (κ1) is 12.5. The lowest BCUT2D eigenvalue weighted by Gasteiger charge is -2.13. The maximum Gasteiger partial charge on any atom is 0.251 e. The van der Waals surface area contributed by atoms with Gasteiger partial charge in [-0.15, -0.1) is 0 Å². The van der Waals surface area contributed by atoms with Gasteiger partial charge >= 0.3 is 0 Å². The Morgan fingerprint density at radius 1 is 1.25 bits per heavy atom. The molecule has 4 nitrogen and oxygen atoms in total. The van der Waals surface area contributed by atoms with Crippen LogP contribution in [0.15, 0.2) is 18.2 Å². The first-order chi connectivity index (χ1) is 7.58. The number of aliphatic hydroxyl groups is 2. The van der Waals surface area contributed by atoms with E-state index in [1.165, 1.54) is 0 Å². The standard InChI is InChI=1S/C10H11F2NO3/c11-8-2-1-6(3-9(8)12)10(16)13-7(4-14)5-15/h1-3,7,14-15H,4-5H2,(H,13,16). The first-order valence-electron chi connectivity index (χ1n) is 4.56. The predicted octanol–water partition coefficient (Wildman–Crippen LogP) is 0.0478. The molecule has 6 heteroatoms.